The highest BCUT2D eigenvalue weighted by Crippen LogP contribution is 2.28. The van der Waals surface area contributed by atoms with Gasteiger partial charge in [0.25, 0.3) is 5.91 Å². The summed E-state index contributed by atoms with van der Waals surface area (Å²) in [6, 6.07) is 5.43. The van der Waals surface area contributed by atoms with Crippen LogP contribution in [0, 0.1) is 17.1 Å². The predicted octanol–water partition coefficient (Wildman–Crippen LogP) is 2.02. The lowest BCUT2D eigenvalue weighted by Crippen LogP contribution is -2.19. The SMILES string of the molecule is CCCS(=O)(=O)Nc1ccc(C#N)c(NC(=O)c2ccnc3c(N)ncnc23)c1F. The number of hydrogen-bond acceptors (Lipinski definition) is 8. The fourth-order valence-electron chi connectivity index (χ4n) is 2.70. The smallest absolute Gasteiger partial charge is 0.258 e. The summed E-state index contributed by atoms with van der Waals surface area (Å²) in [4.78, 5) is 24.6. The monoisotopic (exact) mass is 429 g/mol. The lowest BCUT2D eigenvalue weighted by atomic mass is 10.1. The predicted molar refractivity (Wildman–Crippen MR) is 109 cm³/mol. The van der Waals surface area contributed by atoms with Gasteiger partial charge in [-0.2, -0.15) is 5.26 Å². The van der Waals surface area contributed by atoms with Crippen molar-refractivity contribution in [1.29, 1.82) is 5.26 Å². The number of amides is 1. The Balaban J connectivity index is 2.02. The normalized spacial score (nSPS) is 11.1. The summed E-state index contributed by atoms with van der Waals surface area (Å²) in [5, 5.41) is 11.6. The van der Waals surface area contributed by atoms with Crippen molar-refractivity contribution >= 4 is 44.2 Å². The Morgan fingerprint density at radius 1 is 1.23 bits per heavy atom. The molecule has 0 radical (unpaired) electrons. The van der Waals surface area contributed by atoms with Crippen molar-refractivity contribution in [2.24, 2.45) is 0 Å². The number of carbonyl (C=O) groups is 1. The number of nitrogen functional groups attached to an aromatic ring is 1. The Kier molecular flexibility index (Phi) is 5.74. The van der Waals surface area contributed by atoms with Crippen LogP contribution in [0.3, 0.4) is 0 Å². The zero-order chi connectivity index (χ0) is 21.9. The number of aromatic nitrogens is 3. The summed E-state index contributed by atoms with van der Waals surface area (Å²) in [6.07, 6.45) is 2.80. The summed E-state index contributed by atoms with van der Waals surface area (Å²) in [7, 11) is -3.78. The quantitative estimate of drug-likeness (QED) is 0.535. The molecule has 3 rings (SSSR count). The van der Waals surface area contributed by atoms with Gasteiger partial charge in [0.2, 0.25) is 10.0 Å². The van der Waals surface area contributed by atoms with Gasteiger partial charge in [-0.3, -0.25) is 14.5 Å². The molecule has 0 fully saturated rings. The van der Waals surface area contributed by atoms with E-state index in [1.807, 2.05) is 0 Å². The second kappa shape index (κ2) is 8.26. The summed E-state index contributed by atoms with van der Waals surface area (Å²) < 4.78 is 41.1. The van der Waals surface area contributed by atoms with Gasteiger partial charge >= 0.3 is 0 Å². The van der Waals surface area contributed by atoms with Crippen LogP contribution < -0.4 is 15.8 Å². The zero-order valence-corrected chi connectivity index (χ0v) is 16.5. The number of nitrogens with two attached hydrogens (primary N) is 1. The average molecular weight is 429 g/mol. The number of nitriles is 1. The first-order valence-corrected chi connectivity index (χ1v) is 10.3. The topological polar surface area (TPSA) is 164 Å². The minimum Gasteiger partial charge on any atom is -0.382 e. The highest BCUT2D eigenvalue weighted by molar-refractivity contribution is 7.92. The maximum Gasteiger partial charge on any atom is 0.258 e. The van der Waals surface area contributed by atoms with Gasteiger partial charge in [-0.25, -0.2) is 22.8 Å². The third-order valence-electron chi connectivity index (χ3n) is 4.03. The lowest BCUT2D eigenvalue weighted by Gasteiger charge is -2.14. The van der Waals surface area contributed by atoms with Crippen molar-refractivity contribution in [3.05, 3.63) is 47.7 Å². The first-order valence-electron chi connectivity index (χ1n) is 8.67. The molecule has 12 heteroatoms. The minimum atomic E-state index is -3.78. The Bertz CT molecular complexity index is 1290. The van der Waals surface area contributed by atoms with Crippen molar-refractivity contribution in [3.63, 3.8) is 0 Å². The molecule has 3 aromatic rings. The molecule has 154 valence electrons. The van der Waals surface area contributed by atoms with E-state index < -0.39 is 27.4 Å². The summed E-state index contributed by atoms with van der Waals surface area (Å²) in [6.45, 7) is 1.66. The molecule has 10 nitrogen and oxygen atoms in total. The molecule has 0 aliphatic rings. The highest BCUT2D eigenvalue weighted by Gasteiger charge is 2.21. The van der Waals surface area contributed by atoms with Gasteiger partial charge in [-0.15, -0.1) is 0 Å². The molecule has 1 aromatic carbocycles. The van der Waals surface area contributed by atoms with E-state index in [4.69, 9.17) is 5.73 Å². The molecule has 1 amide bonds. The van der Waals surface area contributed by atoms with Crippen LogP contribution in [0.25, 0.3) is 11.0 Å². The van der Waals surface area contributed by atoms with Crippen LogP contribution in [0.4, 0.5) is 21.6 Å². The molecular weight excluding hydrogens is 413 g/mol. The number of hydrogen-bond donors (Lipinski definition) is 3. The van der Waals surface area contributed by atoms with Gasteiger partial charge in [0.05, 0.1) is 28.3 Å². The third kappa shape index (κ3) is 4.11. The van der Waals surface area contributed by atoms with Crippen molar-refractivity contribution in [3.8, 4) is 6.07 Å². The number of carbonyl (C=O) groups excluding carboxylic acids is 1. The molecule has 0 bridgehead atoms. The number of halogens is 1. The van der Waals surface area contributed by atoms with Crippen molar-refractivity contribution in [2.75, 3.05) is 21.5 Å². The van der Waals surface area contributed by atoms with Crippen LogP contribution in [0.15, 0.2) is 30.7 Å². The first kappa shape index (κ1) is 20.9. The molecule has 30 heavy (non-hydrogen) atoms. The molecule has 0 aliphatic heterocycles. The number of fused-ring (bicyclic) bond motifs is 1. The maximum absolute atomic E-state index is 15.0. The number of sulfonamides is 1. The molecule has 0 saturated carbocycles. The van der Waals surface area contributed by atoms with Crippen LogP contribution in [-0.2, 0) is 10.0 Å². The molecule has 4 N–H and O–H groups in total. The maximum atomic E-state index is 15.0. The van der Waals surface area contributed by atoms with E-state index in [0.29, 0.717) is 6.42 Å². The molecule has 0 saturated heterocycles. The van der Waals surface area contributed by atoms with Gasteiger partial charge in [-0.1, -0.05) is 6.92 Å². The Morgan fingerprint density at radius 3 is 2.70 bits per heavy atom. The summed E-state index contributed by atoms with van der Waals surface area (Å²) in [5.74, 6) is -2.02. The number of rotatable bonds is 6. The average Bonchev–Trinajstić information content (AvgIpc) is 2.70. The van der Waals surface area contributed by atoms with Gasteiger partial charge < -0.3 is 11.1 Å². The second-order valence-corrected chi connectivity index (χ2v) is 7.99. The fraction of sp³-hybridized carbons (Fsp3) is 0.167. The van der Waals surface area contributed by atoms with Crippen LogP contribution in [0.2, 0.25) is 0 Å². The van der Waals surface area contributed by atoms with Crippen molar-refractivity contribution in [1.82, 2.24) is 15.0 Å². The summed E-state index contributed by atoms with van der Waals surface area (Å²) in [5.41, 5.74) is 5.05. The molecule has 0 atom stereocenters. The second-order valence-electron chi connectivity index (χ2n) is 6.15. The van der Waals surface area contributed by atoms with Crippen LogP contribution in [-0.4, -0.2) is 35.0 Å². The number of pyridine rings is 1. The van der Waals surface area contributed by atoms with E-state index in [1.54, 1.807) is 13.0 Å². The van der Waals surface area contributed by atoms with E-state index in [9.17, 15) is 22.9 Å². The van der Waals surface area contributed by atoms with Crippen LogP contribution in [0.5, 0.6) is 0 Å². The number of nitrogens with one attached hydrogen (secondary N) is 2. The Hall–Kier alpha value is -3.85. The minimum absolute atomic E-state index is 0.0226. The van der Waals surface area contributed by atoms with Gasteiger partial charge in [0, 0.05) is 6.20 Å². The van der Waals surface area contributed by atoms with Crippen molar-refractivity contribution in [2.45, 2.75) is 13.3 Å². The fourth-order valence-corrected chi connectivity index (χ4v) is 3.84. The van der Waals surface area contributed by atoms with E-state index in [2.05, 4.69) is 25.0 Å². The molecule has 0 unspecified atom stereocenters. The molecular formula is C18H16FN7O3S. The first-order chi connectivity index (χ1) is 14.3. The number of benzene rings is 1. The molecule has 0 aliphatic carbocycles. The van der Waals surface area contributed by atoms with Gasteiger partial charge in [0.1, 0.15) is 23.4 Å². The molecule has 2 aromatic heterocycles. The standard InChI is InChI=1S/C18H16FN7O3S/c1-2-7-30(28,29)26-12-4-3-10(8-20)14(13(12)19)25-18(27)11-5-6-22-16-15(11)23-9-24-17(16)21/h3-6,9,26H,2,7H2,1H3,(H,25,27)(H2,21,23,24). The Morgan fingerprint density at radius 2 is 2.00 bits per heavy atom. The molecule has 2 heterocycles. The number of anilines is 3. The zero-order valence-electron chi connectivity index (χ0n) is 15.7. The van der Waals surface area contributed by atoms with E-state index in [-0.39, 0.29) is 39.4 Å². The van der Waals surface area contributed by atoms with E-state index >= 15 is 0 Å². The van der Waals surface area contributed by atoms with Crippen LogP contribution in [0.1, 0.15) is 29.3 Å². The highest BCUT2D eigenvalue weighted by atomic mass is 32.2. The van der Waals surface area contributed by atoms with E-state index in [0.717, 1.165) is 12.4 Å². The van der Waals surface area contributed by atoms with Gasteiger partial charge in [0.15, 0.2) is 11.6 Å². The van der Waals surface area contributed by atoms with Crippen molar-refractivity contribution < 1.29 is 17.6 Å². The largest absolute Gasteiger partial charge is 0.382 e. The van der Waals surface area contributed by atoms with Crippen LogP contribution >= 0.6 is 0 Å². The third-order valence-corrected chi connectivity index (χ3v) is 5.51. The Labute approximate surface area is 171 Å². The van der Waals surface area contributed by atoms with E-state index in [1.165, 1.54) is 18.3 Å². The molecule has 0 spiro atoms. The lowest BCUT2D eigenvalue weighted by molar-refractivity contribution is 0.102. The summed E-state index contributed by atoms with van der Waals surface area (Å²) >= 11 is 0. The van der Waals surface area contributed by atoms with Gasteiger partial charge in [-0.05, 0) is 24.6 Å². The number of nitrogens with zero attached hydrogens (tertiary/aromatic N) is 4.